The van der Waals surface area contributed by atoms with Crippen LogP contribution in [0, 0.1) is 12.3 Å². The predicted molar refractivity (Wildman–Crippen MR) is 67.6 cm³/mol. The molecule has 3 N–H and O–H groups in total. The van der Waals surface area contributed by atoms with Gasteiger partial charge in [-0.1, -0.05) is 13.8 Å². The molecule has 1 heterocycles. The summed E-state index contributed by atoms with van der Waals surface area (Å²) in [6.45, 7) is 7.15. The van der Waals surface area contributed by atoms with E-state index in [9.17, 15) is 4.79 Å². The van der Waals surface area contributed by atoms with E-state index in [0.29, 0.717) is 18.1 Å². The Morgan fingerprint density at radius 1 is 1.50 bits per heavy atom. The van der Waals surface area contributed by atoms with E-state index in [4.69, 9.17) is 14.6 Å². The second-order valence-electron chi connectivity index (χ2n) is 5.23. The number of aliphatic hydroxyl groups excluding tert-OH is 1. The molecule has 0 atom stereocenters. The molecule has 18 heavy (non-hydrogen) atoms. The number of nitrogens with one attached hydrogen (secondary N) is 1. The zero-order valence-corrected chi connectivity index (χ0v) is 11.1. The summed E-state index contributed by atoms with van der Waals surface area (Å²) < 4.78 is 5.36. The zero-order valence-electron chi connectivity index (χ0n) is 11.1. The smallest absolute Gasteiger partial charge is 0.339 e. The molecule has 0 amide bonds. The third-order valence-electron chi connectivity index (χ3n) is 2.89. The third-order valence-corrected chi connectivity index (χ3v) is 2.89. The Morgan fingerprint density at radius 2 is 2.17 bits per heavy atom. The Labute approximate surface area is 107 Å². The van der Waals surface area contributed by atoms with E-state index in [-0.39, 0.29) is 17.6 Å². The Hall–Kier alpha value is -1.33. The van der Waals surface area contributed by atoms with Gasteiger partial charge in [0, 0.05) is 13.2 Å². The van der Waals surface area contributed by atoms with Crippen LogP contribution in [0.5, 0.6) is 0 Å². The highest BCUT2D eigenvalue weighted by Gasteiger charge is 2.17. The second-order valence-corrected chi connectivity index (χ2v) is 5.23. The summed E-state index contributed by atoms with van der Waals surface area (Å²) in [5.41, 5.74) is 0.216. The SMILES string of the molecule is Cc1oc(CNCC(C)(C)CCO)cc1C(=O)O. The molecule has 0 saturated heterocycles. The van der Waals surface area contributed by atoms with Crippen LogP contribution in [0.2, 0.25) is 0 Å². The van der Waals surface area contributed by atoms with Gasteiger partial charge in [0.25, 0.3) is 0 Å². The molecule has 5 nitrogen and oxygen atoms in total. The quantitative estimate of drug-likeness (QED) is 0.692. The molecular weight excluding hydrogens is 234 g/mol. The molecule has 0 fully saturated rings. The van der Waals surface area contributed by atoms with Crippen LogP contribution in [0.4, 0.5) is 0 Å². The molecule has 102 valence electrons. The van der Waals surface area contributed by atoms with E-state index >= 15 is 0 Å². The van der Waals surface area contributed by atoms with Crippen molar-refractivity contribution in [1.29, 1.82) is 0 Å². The molecule has 0 aliphatic rings. The van der Waals surface area contributed by atoms with E-state index < -0.39 is 5.97 Å². The normalized spacial score (nSPS) is 11.8. The van der Waals surface area contributed by atoms with Gasteiger partial charge >= 0.3 is 5.97 Å². The molecular formula is C13H21NO4. The number of rotatable bonds is 7. The molecule has 0 aliphatic heterocycles. The molecule has 0 aliphatic carbocycles. The lowest BCUT2D eigenvalue weighted by molar-refractivity contribution is 0.0695. The van der Waals surface area contributed by atoms with Crippen LogP contribution >= 0.6 is 0 Å². The highest BCUT2D eigenvalue weighted by atomic mass is 16.4. The van der Waals surface area contributed by atoms with Crippen molar-refractivity contribution in [2.75, 3.05) is 13.2 Å². The zero-order chi connectivity index (χ0) is 13.8. The lowest BCUT2D eigenvalue weighted by atomic mass is 9.90. The molecule has 1 aromatic rings. The number of hydrogen-bond donors (Lipinski definition) is 3. The van der Waals surface area contributed by atoms with Crippen molar-refractivity contribution in [1.82, 2.24) is 5.32 Å². The average Bonchev–Trinajstić information content (AvgIpc) is 2.59. The molecule has 0 radical (unpaired) electrons. The Balaban J connectivity index is 2.49. The van der Waals surface area contributed by atoms with Crippen LogP contribution in [-0.2, 0) is 6.54 Å². The monoisotopic (exact) mass is 255 g/mol. The molecule has 1 rings (SSSR count). The lowest BCUT2D eigenvalue weighted by Crippen LogP contribution is -2.29. The van der Waals surface area contributed by atoms with Crippen molar-refractivity contribution in [3.05, 3.63) is 23.2 Å². The summed E-state index contributed by atoms with van der Waals surface area (Å²) in [6, 6.07) is 1.55. The molecule has 1 aromatic heterocycles. The van der Waals surface area contributed by atoms with Gasteiger partial charge in [-0.15, -0.1) is 0 Å². The number of carboxylic acids is 1. The molecule has 0 spiro atoms. The highest BCUT2D eigenvalue weighted by molar-refractivity contribution is 5.88. The molecule has 0 aromatic carbocycles. The molecule has 0 saturated carbocycles. The van der Waals surface area contributed by atoms with Crippen molar-refractivity contribution in [2.24, 2.45) is 5.41 Å². The summed E-state index contributed by atoms with van der Waals surface area (Å²) in [7, 11) is 0. The number of aliphatic hydroxyl groups is 1. The minimum atomic E-state index is -0.969. The minimum Gasteiger partial charge on any atom is -0.478 e. The van der Waals surface area contributed by atoms with Gasteiger partial charge in [-0.05, 0) is 24.8 Å². The predicted octanol–water partition coefficient (Wildman–Crippen LogP) is 1.78. The molecule has 5 heteroatoms. The standard InChI is InChI=1S/C13H21NO4/c1-9-11(12(16)17)6-10(18-9)7-14-8-13(2,3)4-5-15/h6,14-15H,4-5,7-8H2,1-3H3,(H,16,17). The van der Waals surface area contributed by atoms with Gasteiger partial charge in [0.05, 0.1) is 6.54 Å². The van der Waals surface area contributed by atoms with Crippen LogP contribution in [0.25, 0.3) is 0 Å². The Kier molecular flexibility index (Phi) is 4.93. The van der Waals surface area contributed by atoms with Crippen molar-refractivity contribution in [2.45, 2.75) is 33.7 Å². The van der Waals surface area contributed by atoms with Crippen molar-refractivity contribution < 1.29 is 19.4 Å². The van der Waals surface area contributed by atoms with Gasteiger partial charge in [-0.3, -0.25) is 0 Å². The number of aromatic carboxylic acids is 1. The first-order chi connectivity index (χ1) is 8.35. The summed E-state index contributed by atoms with van der Waals surface area (Å²) >= 11 is 0. The van der Waals surface area contributed by atoms with Gasteiger partial charge in [-0.25, -0.2) is 4.79 Å². The van der Waals surface area contributed by atoms with Crippen LogP contribution in [-0.4, -0.2) is 29.3 Å². The fourth-order valence-electron chi connectivity index (χ4n) is 1.76. The fraction of sp³-hybridized carbons (Fsp3) is 0.615. The topological polar surface area (TPSA) is 82.7 Å². The van der Waals surface area contributed by atoms with Gasteiger partial charge in [0.1, 0.15) is 17.1 Å². The number of carboxylic acid groups (broad SMARTS) is 1. The van der Waals surface area contributed by atoms with Crippen LogP contribution < -0.4 is 5.32 Å². The van der Waals surface area contributed by atoms with E-state index in [2.05, 4.69) is 19.2 Å². The molecule has 0 bridgehead atoms. The van der Waals surface area contributed by atoms with E-state index in [1.165, 1.54) is 0 Å². The fourth-order valence-corrected chi connectivity index (χ4v) is 1.76. The van der Waals surface area contributed by atoms with Crippen molar-refractivity contribution in [3.8, 4) is 0 Å². The summed E-state index contributed by atoms with van der Waals surface area (Å²) in [5.74, 6) is 0.0710. The first-order valence-corrected chi connectivity index (χ1v) is 6.00. The van der Waals surface area contributed by atoms with Crippen LogP contribution in [0.15, 0.2) is 10.5 Å². The van der Waals surface area contributed by atoms with Crippen molar-refractivity contribution in [3.63, 3.8) is 0 Å². The average molecular weight is 255 g/mol. The molecule has 0 unspecified atom stereocenters. The van der Waals surface area contributed by atoms with Gasteiger partial charge < -0.3 is 19.9 Å². The van der Waals surface area contributed by atoms with Crippen LogP contribution in [0.3, 0.4) is 0 Å². The van der Waals surface area contributed by atoms with Crippen LogP contribution in [0.1, 0.15) is 42.1 Å². The third kappa shape index (κ3) is 4.16. The highest BCUT2D eigenvalue weighted by Crippen LogP contribution is 2.19. The minimum absolute atomic E-state index is 0.00597. The second kappa shape index (κ2) is 6.02. The lowest BCUT2D eigenvalue weighted by Gasteiger charge is -2.23. The van der Waals surface area contributed by atoms with Gasteiger partial charge in [-0.2, -0.15) is 0 Å². The van der Waals surface area contributed by atoms with Gasteiger partial charge in [0.2, 0.25) is 0 Å². The maximum absolute atomic E-state index is 10.8. The first-order valence-electron chi connectivity index (χ1n) is 6.00. The van der Waals surface area contributed by atoms with Crippen molar-refractivity contribution >= 4 is 5.97 Å². The van der Waals surface area contributed by atoms with E-state index in [1.807, 2.05) is 0 Å². The largest absolute Gasteiger partial charge is 0.478 e. The summed E-state index contributed by atoms with van der Waals surface area (Å²) in [6.07, 6.45) is 0.720. The van der Waals surface area contributed by atoms with E-state index in [0.717, 1.165) is 13.0 Å². The maximum Gasteiger partial charge on any atom is 0.339 e. The summed E-state index contributed by atoms with van der Waals surface area (Å²) in [4.78, 5) is 10.8. The van der Waals surface area contributed by atoms with Gasteiger partial charge in [0.15, 0.2) is 0 Å². The number of carbonyl (C=O) groups is 1. The Bertz CT molecular complexity index is 409. The Morgan fingerprint density at radius 3 is 2.67 bits per heavy atom. The first kappa shape index (κ1) is 14.7. The van der Waals surface area contributed by atoms with E-state index in [1.54, 1.807) is 13.0 Å². The summed E-state index contributed by atoms with van der Waals surface area (Å²) in [5, 5.41) is 21.0. The number of furan rings is 1. The number of aryl methyl sites for hydroxylation is 1. The maximum atomic E-state index is 10.8. The number of hydrogen-bond acceptors (Lipinski definition) is 4.